The number of benzene rings is 1. The van der Waals surface area contributed by atoms with Crippen LogP contribution in [0.15, 0.2) is 30.3 Å². The lowest BCUT2D eigenvalue weighted by molar-refractivity contribution is 0.177. The second-order valence-electron chi connectivity index (χ2n) is 7.53. The Balaban J connectivity index is 2.12. The molecule has 1 nitrogen and oxygen atoms in total. The van der Waals surface area contributed by atoms with E-state index in [2.05, 4.69) is 56.9 Å². The minimum Gasteiger partial charge on any atom is -0.264 e. The molecule has 0 spiro atoms. The highest BCUT2D eigenvalue weighted by molar-refractivity contribution is 6.76. The van der Waals surface area contributed by atoms with Gasteiger partial charge in [0.25, 0.3) is 0 Å². The molecule has 0 unspecified atom stereocenters. The van der Waals surface area contributed by atoms with Crippen molar-refractivity contribution < 1.29 is 0 Å². The zero-order valence-electron chi connectivity index (χ0n) is 12.9. The minimum absolute atomic E-state index is 0.358. The Bertz CT molecular complexity index is 645. The molecule has 1 aromatic heterocycles. The molecular weight excluding hydrogens is 240 g/mol. The molecule has 20 heavy (non-hydrogen) atoms. The summed E-state index contributed by atoms with van der Waals surface area (Å²) in [4.78, 5) is 4.46. The van der Waals surface area contributed by atoms with E-state index >= 15 is 0 Å². The van der Waals surface area contributed by atoms with Crippen molar-refractivity contribution in [1.82, 2.24) is 4.98 Å². The van der Waals surface area contributed by atoms with Crippen LogP contribution in [0.3, 0.4) is 0 Å². The smallest absolute Gasteiger partial charge is 0.177 e. The Morgan fingerprint density at radius 1 is 1.05 bits per heavy atom. The Labute approximate surface area is 123 Å². The van der Waals surface area contributed by atoms with Crippen LogP contribution in [0.1, 0.15) is 27.7 Å². The fourth-order valence-corrected chi connectivity index (χ4v) is 3.64. The Hall–Kier alpha value is -1.24. The van der Waals surface area contributed by atoms with Crippen LogP contribution in [0.4, 0.5) is 0 Å². The lowest BCUT2D eigenvalue weighted by Crippen LogP contribution is -2.32. The molecule has 2 radical (unpaired) electrons. The fraction of sp³-hybridized carbons (Fsp3) is 0.471. The van der Waals surface area contributed by atoms with Gasteiger partial charge in [-0.3, -0.25) is 4.98 Å². The van der Waals surface area contributed by atoms with Gasteiger partial charge in [0.05, 0.1) is 5.52 Å². The van der Waals surface area contributed by atoms with Gasteiger partial charge in [-0.15, -0.1) is 0 Å². The van der Waals surface area contributed by atoms with E-state index in [9.17, 15) is 0 Å². The van der Waals surface area contributed by atoms with E-state index in [0.29, 0.717) is 23.1 Å². The van der Waals surface area contributed by atoms with Gasteiger partial charge >= 0.3 is 0 Å². The largest absolute Gasteiger partial charge is 0.264 e. The second-order valence-corrected chi connectivity index (χ2v) is 7.53. The first-order chi connectivity index (χ1) is 9.30. The van der Waals surface area contributed by atoms with Crippen molar-refractivity contribution in [1.29, 1.82) is 0 Å². The van der Waals surface area contributed by atoms with Gasteiger partial charge in [0.1, 0.15) is 7.85 Å². The maximum absolute atomic E-state index is 6.02. The lowest BCUT2D eigenvalue weighted by Gasteiger charge is -2.35. The minimum atomic E-state index is 0.358. The van der Waals surface area contributed by atoms with Crippen LogP contribution >= 0.6 is 0 Å². The Morgan fingerprint density at radius 2 is 1.65 bits per heavy atom. The third-order valence-corrected chi connectivity index (χ3v) is 5.55. The highest BCUT2D eigenvalue weighted by atomic mass is 14.7. The molecule has 2 heterocycles. The van der Waals surface area contributed by atoms with Gasteiger partial charge in [-0.25, -0.2) is 0 Å². The van der Waals surface area contributed by atoms with Crippen molar-refractivity contribution in [2.75, 3.05) is 0 Å². The van der Waals surface area contributed by atoms with Gasteiger partial charge in [-0.05, 0) is 27.9 Å². The van der Waals surface area contributed by atoms with Gasteiger partial charge in [0, 0.05) is 0 Å². The summed E-state index contributed by atoms with van der Waals surface area (Å²) in [5.41, 5.74) is 3.76. The predicted molar refractivity (Wildman–Crippen MR) is 89.7 cm³/mol. The highest BCUT2D eigenvalue weighted by Crippen LogP contribution is 2.52. The summed E-state index contributed by atoms with van der Waals surface area (Å²) in [5.74, 6) is 0. The standard InChI is InChI=1S/C17H21B2N/c1-16(2)10-19(11-17(16,3)4)13-9-15(18)20-14-8-6-5-7-12(13)14/h5-9H,10-11H2,1-4H3. The Morgan fingerprint density at radius 3 is 2.30 bits per heavy atom. The molecule has 3 heteroatoms. The van der Waals surface area contributed by atoms with E-state index in [1.165, 1.54) is 23.5 Å². The predicted octanol–water partition coefficient (Wildman–Crippen LogP) is 2.80. The second kappa shape index (κ2) is 4.38. The molecule has 0 aliphatic carbocycles. The van der Waals surface area contributed by atoms with Crippen molar-refractivity contribution in [3.8, 4) is 0 Å². The summed E-state index contributed by atoms with van der Waals surface area (Å²) in [6.07, 6.45) is 2.43. The first-order valence-corrected chi connectivity index (χ1v) is 7.45. The summed E-state index contributed by atoms with van der Waals surface area (Å²) < 4.78 is 0. The molecular formula is C17H21B2N. The van der Waals surface area contributed by atoms with E-state index in [1.807, 2.05) is 6.07 Å². The van der Waals surface area contributed by atoms with Crippen LogP contribution in [0.2, 0.25) is 12.6 Å². The van der Waals surface area contributed by atoms with E-state index in [4.69, 9.17) is 7.85 Å². The van der Waals surface area contributed by atoms with Gasteiger partial charge in [-0.2, -0.15) is 0 Å². The number of nitrogens with zero attached hydrogens (tertiary/aromatic N) is 1. The fourth-order valence-electron chi connectivity index (χ4n) is 3.64. The number of rotatable bonds is 1. The SMILES string of the molecule is [B]c1cc(B2CC(C)(C)C(C)(C)C2)c2ccccc2n1. The maximum Gasteiger partial charge on any atom is 0.177 e. The van der Waals surface area contributed by atoms with Gasteiger partial charge in [0.2, 0.25) is 0 Å². The summed E-state index contributed by atoms with van der Waals surface area (Å²) >= 11 is 0. The molecule has 0 atom stereocenters. The molecule has 3 rings (SSSR count). The van der Waals surface area contributed by atoms with Crippen molar-refractivity contribution in [3.05, 3.63) is 30.3 Å². The molecule has 0 saturated carbocycles. The normalized spacial score (nSPS) is 20.5. The number of pyridine rings is 1. The number of hydrogen-bond acceptors (Lipinski definition) is 1. The van der Waals surface area contributed by atoms with E-state index in [1.54, 1.807) is 0 Å². The summed E-state index contributed by atoms with van der Waals surface area (Å²) in [6, 6.07) is 10.4. The molecule has 0 bridgehead atoms. The van der Waals surface area contributed by atoms with Crippen molar-refractivity contribution in [3.63, 3.8) is 0 Å². The van der Waals surface area contributed by atoms with Crippen LogP contribution in [-0.4, -0.2) is 19.5 Å². The molecule has 1 fully saturated rings. The number of para-hydroxylation sites is 1. The van der Waals surface area contributed by atoms with Gasteiger partial charge in [-0.1, -0.05) is 70.1 Å². The summed E-state index contributed by atoms with van der Waals surface area (Å²) in [5, 5.41) is 1.26. The topological polar surface area (TPSA) is 12.9 Å². The molecule has 1 aliphatic heterocycles. The van der Waals surface area contributed by atoms with Gasteiger partial charge < -0.3 is 0 Å². The van der Waals surface area contributed by atoms with Crippen molar-refractivity contribution in [2.45, 2.75) is 40.3 Å². The summed E-state index contributed by atoms with van der Waals surface area (Å²) in [7, 11) is 6.02. The molecule has 1 aliphatic rings. The molecule has 0 N–H and O–H groups in total. The average molecular weight is 261 g/mol. The van der Waals surface area contributed by atoms with E-state index in [-0.39, 0.29) is 0 Å². The maximum atomic E-state index is 6.02. The zero-order chi connectivity index (χ0) is 14.5. The highest BCUT2D eigenvalue weighted by Gasteiger charge is 2.48. The van der Waals surface area contributed by atoms with Gasteiger partial charge in [0.15, 0.2) is 6.71 Å². The first-order valence-electron chi connectivity index (χ1n) is 7.45. The third-order valence-electron chi connectivity index (χ3n) is 5.55. The van der Waals surface area contributed by atoms with Crippen LogP contribution < -0.4 is 11.1 Å². The van der Waals surface area contributed by atoms with Crippen LogP contribution in [0, 0.1) is 10.8 Å². The average Bonchev–Trinajstić information content (AvgIpc) is 2.57. The number of fused-ring (bicyclic) bond motifs is 1. The van der Waals surface area contributed by atoms with Crippen LogP contribution in [-0.2, 0) is 0 Å². The van der Waals surface area contributed by atoms with Crippen molar-refractivity contribution >= 4 is 36.5 Å². The molecule has 1 saturated heterocycles. The molecule has 1 aromatic carbocycles. The third kappa shape index (κ3) is 2.08. The monoisotopic (exact) mass is 261 g/mol. The lowest BCUT2D eigenvalue weighted by atomic mass is 9.41. The summed E-state index contributed by atoms with van der Waals surface area (Å²) in [6.45, 7) is 10.1. The zero-order valence-corrected chi connectivity index (χ0v) is 12.9. The van der Waals surface area contributed by atoms with Crippen LogP contribution in [0.5, 0.6) is 0 Å². The van der Waals surface area contributed by atoms with E-state index in [0.717, 1.165) is 5.52 Å². The number of hydrogen-bond donors (Lipinski definition) is 0. The number of aromatic nitrogens is 1. The first kappa shape index (κ1) is 13.7. The van der Waals surface area contributed by atoms with Crippen molar-refractivity contribution in [2.24, 2.45) is 10.8 Å². The van der Waals surface area contributed by atoms with Crippen LogP contribution in [0.25, 0.3) is 10.9 Å². The molecule has 0 amide bonds. The molecule has 100 valence electrons. The Kier molecular flexibility index (Phi) is 3.00. The molecule has 2 aromatic rings. The van der Waals surface area contributed by atoms with E-state index < -0.39 is 0 Å². The quantitative estimate of drug-likeness (QED) is 0.719.